The van der Waals surface area contributed by atoms with Crippen molar-refractivity contribution in [2.75, 3.05) is 13.6 Å². The van der Waals surface area contributed by atoms with Gasteiger partial charge in [0.25, 0.3) is 0 Å². The van der Waals surface area contributed by atoms with Gasteiger partial charge in [-0.25, -0.2) is 0 Å². The molecular formula is C19H24ClN. The van der Waals surface area contributed by atoms with Crippen LogP contribution in [-0.4, -0.2) is 13.6 Å². The number of aryl methyl sites for hydroxylation is 3. The SMILES string of the molecule is CNCC(Cc1c(C)cc(C)cc1C)c1cccc(Cl)c1. The summed E-state index contributed by atoms with van der Waals surface area (Å²) in [7, 11) is 2.01. The third-order valence-corrected chi connectivity index (χ3v) is 4.30. The number of hydrogen-bond donors (Lipinski definition) is 1. The molecule has 0 aliphatic carbocycles. The van der Waals surface area contributed by atoms with Gasteiger partial charge in [-0.3, -0.25) is 0 Å². The van der Waals surface area contributed by atoms with Crippen molar-refractivity contribution in [3.63, 3.8) is 0 Å². The zero-order valence-corrected chi connectivity index (χ0v) is 14.1. The van der Waals surface area contributed by atoms with Crippen LogP contribution in [0.1, 0.15) is 33.7 Å². The predicted molar refractivity (Wildman–Crippen MR) is 92.5 cm³/mol. The van der Waals surface area contributed by atoms with Gasteiger partial charge in [0.05, 0.1) is 0 Å². The molecule has 1 N–H and O–H groups in total. The Bertz CT molecular complexity index is 596. The molecule has 0 saturated carbocycles. The van der Waals surface area contributed by atoms with E-state index in [1.54, 1.807) is 0 Å². The van der Waals surface area contributed by atoms with E-state index >= 15 is 0 Å². The van der Waals surface area contributed by atoms with Gasteiger partial charge in [-0.05, 0) is 68.6 Å². The quantitative estimate of drug-likeness (QED) is 0.835. The third kappa shape index (κ3) is 4.09. The Labute approximate surface area is 133 Å². The van der Waals surface area contributed by atoms with Crippen LogP contribution >= 0.6 is 11.6 Å². The van der Waals surface area contributed by atoms with Gasteiger partial charge in [-0.1, -0.05) is 41.4 Å². The zero-order chi connectivity index (χ0) is 15.4. The van der Waals surface area contributed by atoms with E-state index in [4.69, 9.17) is 11.6 Å². The molecule has 0 bridgehead atoms. The summed E-state index contributed by atoms with van der Waals surface area (Å²) in [5.74, 6) is 0.439. The largest absolute Gasteiger partial charge is 0.319 e. The van der Waals surface area contributed by atoms with Gasteiger partial charge in [-0.15, -0.1) is 0 Å². The summed E-state index contributed by atoms with van der Waals surface area (Å²) in [6.07, 6.45) is 1.04. The normalized spacial score (nSPS) is 12.4. The van der Waals surface area contributed by atoms with E-state index in [2.05, 4.69) is 50.4 Å². The van der Waals surface area contributed by atoms with Crippen LogP contribution in [0.15, 0.2) is 36.4 Å². The monoisotopic (exact) mass is 301 g/mol. The van der Waals surface area contributed by atoms with Crippen LogP contribution in [0.2, 0.25) is 5.02 Å². The molecule has 2 rings (SSSR count). The summed E-state index contributed by atoms with van der Waals surface area (Å²) in [6.45, 7) is 7.53. The second-order valence-electron chi connectivity index (χ2n) is 5.89. The molecule has 2 aromatic carbocycles. The fraction of sp³-hybridized carbons (Fsp3) is 0.368. The number of halogens is 1. The number of rotatable bonds is 5. The van der Waals surface area contributed by atoms with Crippen LogP contribution in [0.5, 0.6) is 0 Å². The molecule has 0 aliphatic heterocycles. The predicted octanol–water partition coefficient (Wildman–Crippen LogP) is 4.81. The molecule has 2 aromatic rings. The molecule has 1 unspecified atom stereocenters. The molecule has 0 heterocycles. The van der Waals surface area contributed by atoms with E-state index in [1.165, 1.54) is 27.8 Å². The Kier molecular flexibility index (Phi) is 5.44. The lowest BCUT2D eigenvalue weighted by molar-refractivity contribution is 0.623. The van der Waals surface area contributed by atoms with Crippen molar-refractivity contribution in [3.05, 3.63) is 69.2 Å². The van der Waals surface area contributed by atoms with E-state index < -0.39 is 0 Å². The lowest BCUT2D eigenvalue weighted by atomic mass is 9.87. The van der Waals surface area contributed by atoms with Gasteiger partial charge < -0.3 is 5.32 Å². The van der Waals surface area contributed by atoms with Crippen molar-refractivity contribution in [2.24, 2.45) is 0 Å². The van der Waals surface area contributed by atoms with Crippen LogP contribution in [-0.2, 0) is 6.42 Å². The van der Waals surface area contributed by atoms with Gasteiger partial charge in [0, 0.05) is 17.5 Å². The average molecular weight is 302 g/mol. The second-order valence-corrected chi connectivity index (χ2v) is 6.33. The van der Waals surface area contributed by atoms with Crippen LogP contribution in [0.4, 0.5) is 0 Å². The molecule has 0 amide bonds. The van der Waals surface area contributed by atoms with Gasteiger partial charge >= 0.3 is 0 Å². The first kappa shape index (κ1) is 16.1. The van der Waals surface area contributed by atoms with Gasteiger partial charge in [0.2, 0.25) is 0 Å². The van der Waals surface area contributed by atoms with E-state index in [0.717, 1.165) is 18.0 Å². The molecule has 2 heteroatoms. The van der Waals surface area contributed by atoms with Gasteiger partial charge in [-0.2, -0.15) is 0 Å². The molecule has 0 radical (unpaired) electrons. The highest BCUT2D eigenvalue weighted by Crippen LogP contribution is 2.27. The Balaban J connectivity index is 2.33. The number of hydrogen-bond acceptors (Lipinski definition) is 1. The molecule has 1 atom stereocenters. The molecule has 0 spiro atoms. The molecule has 112 valence electrons. The highest BCUT2D eigenvalue weighted by atomic mass is 35.5. The number of likely N-dealkylation sites (N-methyl/N-ethyl adjacent to an activating group) is 1. The molecule has 0 saturated heterocycles. The first-order valence-electron chi connectivity index (χ1n) is 7.48. The first-order valence-corrected chi connectivity index (χ1v) is 7.86. The lowest BCUT2D eigenvalue weighted by Gasteiger charge is -2.20. The minimum atomic E-state index is 0.439. The molecule has 0 aromatic heterocycles. The van der Waals surface area contributed by atoms with Crippen LogP contribution < -0.4 is 5.32 Å². The molecular weight excluding hydrogens is 278 g/mol. The fourth-order valence-corrected chi connectivity index (χ4v) is 3.29. The van der Waals surface area contributed by atoms with E-state index in [1.807, 2.05) is 19.2 Å². The van der Waals surface area contributed by atoms with Crippen molar-refractivity contribution < 1.29 is 0 Å². The van der Waals surface area contributed by atoms with Crippen molar-refractivity contribution in [1.29, 1.82) is 0 Å². The first-order chi connectivity index (χ1) is 10.0. The summed E-state index contributed by atoms with van der Waals surface area (Å²) >= 11 is 6.15. The van der Waals surface area contributed by atoms with Crippen molar-refractivity contribution in [2.45, 2.75) is 33.1 Å². The molecule has 0 aliphatic rings. The Morgan fingerprint density at radius 2 is 1.71 bits per heavy atom. The van der Waals surface area contributed by atoms with Crippen molar-refractivity contribution in [1.82, 2.24) is 5.32 Å². The Hall–Kier alpha value is -1.31. The van der Waals surface area contributed by atoms with E-state index in [9.17, 15) is 0 Å². The van der Waals surface area contributed by atoms with Crippen molar-refractivity contribution >= 4 is 11.6 Å². The minimum Gasteiger partial charge on any atom is -0.319 e. The van der Waals surface area contributed by atoms with E-state index in [0.29, 0.717) is 5.92 Å². The summed E-state index contributed by atoms with van der Waals surface area (Å²) in [5.41, 5.74) is 6.87. The lowest BCUT2D eigenvalue weighted by Crippen LogP contribution is -2.20. The molecule has 21 heavy (non-hydrogen) atoms. The number of benzene rings is 2. The second kappa shape index (κ2) is 7.11. The Morgan fingerprint density at radius 3 is 2.29 bits per heavy atom. The fourth-order valence-electron chi connectivity index (χ4n) is 3.09. The van der Waals surface area contributed by atoms with Crippen LogP contribution in [0.25, 0.3) is 0 Å². The summed E-state index contributed by atoms with van der Waals surface area (Å²) in [6, 6.07) is 12.8. The summed E-state index contributed by atoms with van der Waals surface area (Å²) in [4.78, 5) is 0. The molecule has 0 fully saturated rings. The maximum Gasteiger partial charge on any atom is 0.0408 e. The van der Waals surface area contributed by atoms with Gasteiger partial charge in [0.1, 0.15) is 0 Å². The van der Waals surface area contributed by atoms with Crippen molar-refractivity contribution in [3.8, 4) is 0 Å². The van der Waals surface area contributed by atoms with Gasteiger partial charge in [0.15, 0.2) is 0 Å². The van der Waals surface area contributed by atoms with E-state index in [-0.39, 0.29) is 0 Å². The summed E-state index contributed by atoms with van der Waals surface area (Å²) < 4.78 is 0. The Morgan fingerprint density at radius 1 is 1.05 bits per heavy atom. The highest BCUT2D eigenvalue weighted by Gasteiger charge is 2.15. The standard InChI is InChI=1S/C19H24ClN/c1-13-8-14(2)19(15(3)9-13)11-17(12-21-4)16-6-5-7-18(20)10-16/h5-10,17,21H,11-12H2,1-4H3. The highest BCUT2D eigenvalue weighted by molar-refractivity contribution is 6.30. The maximum absolute atomic E-state index is 6.15. The number of nitrogens with one attached hydrogen (secondary N) is 1. The maximum atomic E-state index is 6.15. The molecule has 1 nitrogen and oxygen atoms in total. The van der Waals surface area contributed by atoms with Crippen LogP contribution in [0, 0.1) is 20.8 Å². The summed E-state index contributed by atoms with van der Waals surface area (Å²) in [5, 5.41) is 4.12. The minimum absolute atomic E-state index is 0.439. The topological polar surface area (TPSA) is 12.0 Å². The average Bonchev–Trinajstić information content (AvgIpc) is 2.41. The smallest absolute Gasteiger partial charge is 0.0408 e. The van der Waals surface area contributed by atoms with Crippen LogP contribution in [0.3, 0.4) is 0 Å². The third-order valence-electron chi connectivity index (χ3n) is 4.06. The zero-order valence-electron chi connectivity index (χ0n) is 13.3.